The molecule has 1 fully saturated rings. The van der Waals surface area contributed by atoms with Gasteiger partial charge in [-0.15, -0.1) is 0 Å². The highest BCUT2D eigenvalue weighted by molar-refractivity contribution is 5.65. The highest BCUT2D eigenvalue weighted by atomic mass is 19.3. The average Bonchev–Trinajstić information content (AvgIpc) is 2.64. The lowest BCUT2D eigenvalue weighted by atomic mass is 9.77. The Morgan fingerprint density at radius 1 is 0.923 bits per heavy atom. The molecule has 0 spiro atoms. The summed E-state index contributed by atoms with van der Waals surface area (Å²) in [6, 6.07) is 8.76. The fourth-order valence-corrected chi connectivity index (χ4v) is 3.80. The maximum atomic E-state index is 14.7. The van der Waals surface area contributed by atoms with Gasteiger partial charge in [0.05, 0.1) is 0 Å². The van der Waals surface area contributed by atoms with Crippen LogP contribution >= 0.6 is 0 Å². The zero-order chi connectivity index (χ0) is 18.7. The first-order valence-corrected chi connectivity index (χ1v) is 9.02. The van der Waals surface area contributed by atoms with Crippen molar-refractivity contribution >= 4 is 0 Å². The first kappa shape index (κ1) is 18.7. The van der Waals surface area contributed by atoms with E-state index in [1.807, 2.05) is 0 Å². The van der Waals surface area contributed by atoms with Crippen LogP contribution in [0.2, 0.25) is 0 Å². The third-order valence-corrected chi connectivity index (χ3v) is 5.37. The van der Waals surface area contributed by atoms with Crippen molar-refractivity contribution in [2.45, 2.75) is 51.6 Å². The van der Waals surface area contributed by atoms with Crippen LogP contribution in [-0.4, -0.2) is 6.61 Å². The predicted octanol–water partition coefficient (Wildman–Crippen LogP) is 6.92. The van der Waals surface area contributed by atoms with Gasteiger partial charge in [0.25, 0.3) is 0 Å². The smallest absolute Gasteiger partial charge is 0.387 e. The molecule has 1 saturated carbocycles. The molecule has 0 aromatic heterocycles. The van der Waals surface area contributed by atoms with Gasteiger partial charge in [0.15, 0.2) is 11.6 Å². The van der Waals surface area contributed by atoms with Gasteiger partial charge in [-0.05, 0) is 60.8 Å². The molecule has 0 N–H and O–H groups in total. The molecule has 2 aromatic rings. The normalized spacial score (nSPS) is 20.4. The van der Waals surface area contributed by atoms with Crippen LogP contribution in [0.1, 0.15) is 50.5 Å². The number of alkyl halides is 2. The summed E-state index contributed by atoms with van der Waals surface area (Å²) in [5.41, 5.74) is 0.986. The summed E-state index contributed by atoms with van der Waals surface area (Å²) >= 11 is 0. The van der Waals surface area contributed by atoms with Gasteiger partial charge in [0.1, 0.15) is 5.75 Å². The molecule has 0 saturated heterocycles. The summed E-state index contributed by atoms with van der Waals surface area (Å²) < 4.78 is 58.0. The molecule has 26 heavy (non-hydrogen) atoms. The molecule has 5 heteroatoms. The molecule has 0 bridgehead atoms. The van der Waals surface area contributed by atoms with E-state index >= 15 is 0 Å². The standard InChI is InChI=1S/C21H22F4O/c1-2-13-3-5-14(6-4-13)17-11-12-18(20(23)19(17)22)15-7-9-16(10-8-15)26-21(24)25/h7-14,21H,2-6H2,1H3. The van der Waals surface area contributed by atoms with Crippen molar-refractivity contribution in [3.8, 4) is 16.9 Å². The molecule has 0 amide bonds. The van der Waals surface area contributed by atoms with Crippen LogP contribution in [-0.2, 0) is 0 Å². The highest BCUT2D eigenvalue weighted by Crippen LogP contribution is 2.39. The summed E-state index contributed by atoms with van der Waals surface area (Å²) in [4.78, 5) is 0. The first-order valence-electron chi connectivity index (χ1n) is 9.02. The lowest BCUT2D eigenvalue weighted by Gasteiger charge is -2.28. The Hall–Kier alpha value is -2.04. The molecule has 0 atom stereocenters. The molecule has 0 heterocycles. The minimum atomic E-state index is -2.92. The van der Waals surface area contributed by atoms with Crippen LogP contribution in [0.15, 0.2) is 36.4 Å². The molecule has 1 aliphatic rings. The third-order valence-electron chi connectivity index (χ3n) is 5.37. The number of benzene rings is 2. The second-order valence-corrected chi connectivity index (χ2v) is 6.86. The summed E-state index contributed by atoms with van der Waals surface area (Å²) in [5, 5.41) is 0. The molecular formula is C21H22F4O. The quantitative estimate of drug-likeness (QED) is 0.522. The molecule has 0 radical (unpaired) electrons. The Kier molecular flexibility index (Phi) is 5.84. The molecule has 0 unspecified atom stereocenters. The summed E-state index contributed by atoms with van der Waals surface area (Å²) in [6.45, 7) is -0.755. The number of halogens is 4. The molecule has 0 aliphatic heterocycles. The van der Waals surface area contributed by atoms with E-state index < -0.39 is 18.2 Å². The van der Waals surface area contributed by atoms with E-state index in [9.17, 15) is 17.6 Å². The fourth-order valence-electron chi connectivity index (χ4n) is 3.80. The Bertz CT molecular complexity index is 734. The van der Waals surface area contributed by atoms with Crippen LogP contribution in [0.3, 0.4) is 0 Å². The first-order chi connectivity index (χ1) is 12.5. The Morgan fingerprint density at radius 3 is 2.15 bits per heavy atom. The van der Waals surface area contributed by atoms with Crippen molar-refractivity contribution in [1.29, 1.82) is 0 Å². The second-order valence-electron chi connectivity index (χ2n) is 6.86. The van der Waals surface area contributed by atoms with Crippen molar-refractivity contribution in [3.63, 3.8) is 0 Å². The molecular weight excluding hydrogens is 344 g/mol. The number of rotatable bonds is 5. The van der Waals surface area contributed by atoms with Gasteiger partial charge in [0.2, 0.25) is 0 Å². The highest BCUT2D eigenvalue weighted by Gasteiger charge is 2.25. The molecule has 1 aliphatic carbocycles. The van der Waals surface area contributed by atoms with Crippen LogP contribution in [0.4, 0.5) is 17.6 Å². The monoisotopic (exact) mass is 366 g/mol. The summed E-state index contributed by atoms with van der Waals surface area (Å²) in [7, 11) is 0. The maximum absolute atomic E-state index is 14.7. The fraction of sp³-hybridized carbons (Fsp3) is 0.429. The topological polar surface area (TPSA) is 9.23 Å². The molecule has 2 aromatic carbocycles. The zero-order valence-electron chi connectivity index (χ0n) is 14.7. The minimum absolute atomic E-state index is 0.0195. The van der Waals surface area contributed by atoms with Crippen molar-refractivity contribution in [2.75, 3.05) is 0 Å². The van der Waals surface area contributed by atoms with E-state index in [4.69, 9.17) is 0 Å². The van der Waals surface area contributed by atoms with E-state index in [1.54, 1.807) is 12.1 Å². The average molecular weight is 366 g/mol. The van der Waals surface area contributed by atoms with Gasteiger partial charge in [-0.2, -0.15) is 8.78 Å². The van der Waals surface area contributed by atoms with Crippen molar-refractivity contribution in [3.05, 3.63) is 53.6 Å². The Balaban J connectivity index is 1.81. The number of ether oxygens (including phenoxy) is 1. The maximum Gasteiger partial charge on any atom is 0.387 e. The van der Waals surface area contributed by atoms with E-state index in [1.165, 1.54) is 24.3 Å². The van der Waals surface area contributed by atoms with Gasteiger partial charge in [-0.3, -0.25) is 0 Å². The van der Waals surface area contributed by atoms with Crippen LogP contribution in [0.5, 0.6) is 5.75 Å². The van der Waals surface area contributed by atoms with Gasteiger partial charge in [0, 0.05) is 5.56 Å². The second kappa shape index (κ2) is 8.11. The van der Waals surface area contributed by atoms with Crippen LogP contribution in [0, 0.1) is 17.6 Å². The predicted molar refractivity (Wildman–Crippen MR) is 93.4 cm³/mol. The van der Waals surface area contributed by atoms with E-state index in [2.05, 4.69) is 11.7 Å². The van der Waals surface area contributed by atoms with Gasteiger partial charge >= 0.3 is 6.61 Å². The Morgan fingerprint density at radius 2 is 1.58 bits per heavy atom. The van der Waals surface area contributed by atoms with Gasteiger partial charge in [-0.25, -0.2) is 8.78 Å². The molecule has 140 valence electrons. The Labute approximate surface area is 151 Å². The van der Waals surface area contributed by atoms with Crippen molar-refractivity contribution < 1.29 is 22.3 Å². The largest absolute Gasteiger partial charge is 0.435 e. The van der Waals surface area contributed by atoms with Gasteiger partial charge < -0.3 is 4.74 Å². The summed E-state index contributed by atoms with van der Waals surface area (Å²) in [6.07, 6.45) is 5.00. The van der Waals surface area contributed by atoms with Crippen molar-refractivity contribution in [1.82, 2.24) is 0 Å². The lowest BCUT2D eigenvalue weighted by Crippen LogP contribution is -2.14. The zero-order valence-corrected chi connectivity index (χ0v) is 14.7. The SMILES string of the molecule is CCC1CCC(c2ccc(-c3ccc(OC(F)F)cc3)c(F)c2F)CC1. The third kappa shape index (κ3) is 4.02. The van der Waals surface area contributed by atoms with E-state index in [0.717, 1.165) is 32.1 Å². The molecule has 3 rings (SSSR count). The van der Waals surface area contributed by atoms with Crippen LogP contribution in [0.25, 0.3) is 11.1 Å². The molecule has 1 nitrogen and oxygen atoms in total. The summed E-state index contributed by atoms with van der Waals surface area (Å²) in [5.74, 6) is -0.956. The van der Waals surface area contributed by atoms with Gasteiger partial charge in [-0.1, -0.05) is 37.6 Å². The number of hydrogen-bond acceptors (Lipinski definition) is 1. The minimum Gasteiger partial charge on any atom is -0.435 e. The van der Waals surface area contributed by atoms with Crippen LogP contribution < -0.4 is 4.74 Å². The number of hydrogen-bond donors (Lipinski definition) is 0. The van der Waals surface area contributed by atoms with E-state index in [0.29, 0.717) is 17.0 Å². The van der Waals surface area contributed by atoms with E-state index in [-0.39, 0.29) is 17.2 Å². The lowest BCUT2D eigenvalue weighted by molar-refractivity contribution is -0.0498. The van der Waals surface area contributed by atoms with Crippen molar-refractivity contribution in [2.24, 2.45) is 5.92 Å².